The maximum Gasteiger partial charge on any atom is 0.255 e. The third kappa shape index (κ3) is 5.42. The molecule has 3 rings (SSSR count). The molecule has 0 atom stereocenters. The number of ether oxygens (including phenoxy) is 1. The largest absolute Gasteiger partial charge is 0.497 e. The number of pyridine rings is 1. The third-order valence-electron chi connectivity index (χ3n) is 4.55. The van der Waals surface area contributed by atoms with Crippen LogP contribution in [0.2, 0.25) is 0 Å². The smallest absolute Gasteiger partial charge is 0.255 e. The molecule has 0 aliphatic carbocycles. The van der Waals surface area contributed by atoms with E-state index in [0.717, 1.165) is 12.0 Å². The fourth-order valence-electron chi connectivity index (χ4n) is 2.84. The summed E-state index contributed by atoms with van der Waals surface area (Å²) in [5.41, 5.74) is 2.67. The molecule has 148 valence electrons. The Morgan fingerprint density at radius 1 is 1.00 bits per heavy atom. The number of anilines is 1. The molecule has 2 aromatic carbocycles. The van der Waals surface area contributed by atoms with Crippen LogP contribution in [0.25, 0.3) is 0 Å². The molecule has 6 heteroatoms. The number of hydrogen-bond acceptors (Lipinski definition) is 4. The summed E-state index contributed by atoms with van der Waals surface area (Å²) in [5.74, 6) is 0.313. The van der Waals surface area contributed by atoms with Gasteiger partial charge in [-0.15, -0.1) is 0 Å². The number of nitrogens with zero attached hydrogens (tertiary/aromatic N) is 2. The van der Waals surface area contributed by atoms with Crippen LogP contribution >= 0.6 is 0 Å². The number of benzene rings is 2. The normalized spacial score (nSPS) is 10.3. The van der Waals surface area contributed by atoms with E-state index in [1.165, 1.54) is 0 Å². The van der Waals surface area contributed by atoms with Crippen LogP contribution in [0, 0.1) is 0 Å². The minimum atomic E-state index is -0.274. The molecule has 0 bridgehead atoms. The lowest BCUT2D eigenvalue weighted by molar-refractivity contribution is 0.0796. The van der Waals surface area contributed by atoms with E-state index in [-0.39, 0.29) is 11.8 Å². The molecule has 2 amide bonds. The summed E-state index contributed by atoms with van der Waals surface area (Å²) in [6.45, 7) is 0.575. The van der Waals surface area contributed by atoms with E-state index in [9.17, 15) is 9.59 Å². The number of rotatable bonds is 7. The summed E-state index contributed by atoms with van der Waals surface area (Å²) in [6, 6.07) is 17.7. The number of nitrogens with one attached hydrogen (secondary N) is 1. The van der Waals surface area contributed by atoms with Gasteiger partial charge in [-0.25, -0.2) is 0 Å². The molecular weight excluding hydrogens is 366 g/mol. The second-order valence-corrected chi connectivity index (χ2v) is 6.60. The van der Waals surface area contributed by atoms with E-state index in [1.807, 2.05) is 12.1 Å². The van der Waals surface area contributed by atoms with Gasteiger partial charge in [-0.05, 0) is 66.6 Å². The third-order valence-corrected chi connectivity index (χ3v) is 4.55. The van der Waals surface area contributed by atoms with Gasteiger partial charge in [-0.1, -0.05) is 6.07 Å². The zero-order valence-corrected chi connectivity index (χ0v) is 16.5. The van der Waals surface area contributed by atoms with Crippen LogP contribution in [0.5, 0.6) is 5.75 Å². The van der Waals surface area contributed by atoms with Crippen molar-refractivity contribution in [1.82, 2.24) is 9.88 Å². The van der Waals surface area contributed by atoms with Gasteiger partial charge in [0, 0.05) is 42.8 Å². The standard InChI is InChI=1S/C23H23N3O3/c1-26(15-12-17-10-13-24-14-11-17)23(28)19-5-3-4-18(16-19)22(27)25-20-6-8-21(29-2)9-7-20/h3-11,13-14,16H,12,15H2,1-2H3,(H,25,27). The highest BCUT2D eigenvalue weighted by Crippen LogP contribution is 2.16. The first-order chi connectivity index (χ1) is 14.1. The fourth-order valence-corrected chi connectivity index (χ4v) is 2.84. The molecule has 0 radical (unpaired) electrons. The molecule has 0 fully saturated rings. The monoisotopic (exact) mass is 389 g/mol. The zero-order valence-electron chi connectivity index (χ0n) is 16.5. The van der Waals surface area contributed by atoms with Gasteiger partial charge >= 0.3 is 0 Å². The molecule has 6 nitrogen and oxygen atoms in total. The Bertz CT molecular complexity index is 972. The predicted octanol–water partition coefficient (Wildman–Crippen LogP) is 3.66. The maximum absolute atomic E-state index is 12.7. The van der Waals surface area contributed by atoms with E-state index >= 15 is 0 Å². The second kappa shape index (κ2) is 9.50. The molecule has 1 N–H and O–H groups in total. The van der Waals surface area contributed by atoms with Gasteiger partial charge in [0.15, 0.2) is 0 Å². The zero-order chi connectivity index (χ0) is 20.6. The van der Waals surface area contributed by atoms with Crippen molar-refractivity contribution in [1.29, 1.82) is 0 Å². The SMILES string of the molecule is COc1ccc(NC(=O)c2cccc(C(=O)N(C)CCc3ccncc3)c2)cc1. The highest BCUT2D eigenvalue weighted by Gasteiger charge is 2.14. The number of methoxy groups -OCH3 is 1. The van der Waals surface area contributed by atoms with Gasteiger partial charge in [-0.2, -0.15) is 0 Å². The molecular formula is C23H23N3O3. The summed E-state index contributed by atoms with van der Waals surface area (Å²) in [4.78, 5) is 30.9. The Morgan fingerprint density at radius 3 is 2.38 bits per heavy atom. The Labute approximate surface area is 170 Å². The summed E-state index contributed by atoms with van der Waals surface area (Å²) in [6.07, 6.45) is 4.21. The van der Waals surface area contributed by atoms with Crippen LogP contribution < -0.4 is 10.1 Å². The molecule has 0 saturated carbocycles. The van der Waals surface area contributed by atoms with Crippen molar-refractivity contribution in [2.75, 3.05) is 26.0 Å². The van der Waals surface area contributed by atoms with E-state index in [4.69, 9.17) is 4.74 Å². The number of aromatic nitrogens is 1. The molecule has 0 saturated heterocycles. The summed E-state index contributed by atoms with van der Waals surface area (Å²) in [5, 5.41) is 2.83. The maximum atomic E-state index is 12.7. The Morgan fingerprint density at radius 2 is 1.69 bits per heavy atom. The molecule has 1 heterocycles. The topological polar surface area (TPSA) is 71.5 Å². The second-order valence-electron chi connectivity index (χ2n) is 6.60. The highest BCUT2D eigenvalue weighted by atomic mass is 16.5. The molecule has 0 aliphatic rings. The lowest BCUT2D eigenvalue weighted by atomic mass is 10.1. The number of hydrogen-bond donors (Lipinski definition) is 1. The van der Waals surface area contributed by atoms with Crippen LogP contribution in [0.1, 0.15) is 26.3 Å². The van der Waals surface area contributed by atoms with Gasteiger partial charge < -0.3 is 15.0 Å². The van der Waals surface area contributed by atoms with Crippen molar-refractivity contribution >= 4 is 17.5 Å². The number of carbonyl (C=O) groups excluding carboxylic acids is 2. The van der Waals surface area contributed by atoms with Crippen molar-refractivity contribution in [2.24, 2.45) is 0 Å². The van der Waals surface area contributed by atoms with Crippen LogP contribution in [0.15, 0.2) is 73.1 Å². The van der Waals surface area contributed by atoms with Gasteiger partial charge in [0.2, 0.25) is 0 Å². The highest BCUT2D eigenvalue weighted by molar-refractivity contribution is 6.06. The van der Waals surface area contributed by atoms with Crippen molar-refractivity contribution in [2.45, 2.75) is 6.42 Å². The van der Waals surface area contributed by atoms with Gasteiger partial charge in [0.1, 0.15) is 5.75 Å². The number of likely N-dealkylation sites (N-methyl/N-ethyl adjacent to an activating group) is 1. The molecule has 0 unspecified atom stereocenters. The van der Waals surface area contributed by atoms with Crippen LogP contribution in [-0.4, -0.2) is 42.4 Å². The first kappa shape index (κ1) is 20.1. The minimum absolute atomic E-state index is 0.127. The number of amides is 2. The van der Waals surface area contributed by atoms with E-state index in [2.05, 4.69) is 10.3 Å². The van der Waals surface area contributed by atoms with E-state index in [1.54, 1.807) is 80.0 Å². The van der Waals surface area contributed by atoms with Crippen molar-refractivity contribution in [3.63, 3.8) is 0 Å². The van der Waals surface area contributed by atoms with Crippen LogP contribution in [-0.2, 0) is 6.42 Å². The lowest BCUT2D eigenvalue weighted by Crippen LogP contribution is -2.29. The molecule has 29 heavy (non-hydrogen) atoms. The van der Waals surface area contributed by atoms with Gasteiger partial charge in [-0.3, -0.25) is 14.6 Å². The van der Waals surface area contributed by atoms with Crippen molar-refractivity contribution in [3.05, 3.63) is 89.7 Å². The van der Waals surface area contributed by atoms with Crippen LogP contribution in [0.3, 0.4) is 0 Å². The van der Waals surface area contributed by atoms with Gasteiger partial charge in [0.25, 0.3) is 11.8 Å². The van der Waals surface area contributed by atoms with Crippen LogP contribution in [0.4, 0.5) is 5.69 Å². The Balaban J connectivity index is 1.64. The quantitative estimate of drug-likeness (QED) is 0.669. The summed E-state index contributed by atoms with van der Waals surface area (Å²) < 4.78 is 5.11. The first-order valence-corrected chi connectivity index (χ1v) is 9.26. The van der Waals surface area contributed by atoms with Crippen molar-refractivity contribution < 1.29 is 14.3 Å². The average molecular weight is 389 g/mol. The lowest BCUT2D eigenvalue weighted by Gasteiger charge is -2.17. The first-order valence-electron chi connectivity index (χ1n) is 9.26. The average Bonchev–Trinajstić information content (AvgIpc) is 2.78. The minimum Gasteiger partial charge on any atom is -0.497 e. The summed E-state index contributed by atoms with van der Waals surface area (Å²) >= 11 is 0. The Hall–Kier alpha value is -3.67. The Kier molecular flexibility index (Phi) is 6.58. The molecule has 0 aliphatic heterocycles. The molecule has 3 aromatic rings. The molecule has 0 spiro atoms. The molecule has 1 aromatic heterocycles. The van der Waals surface area contributed by atoms with E-state index < -0.39 is 0 Å². The van der Waals surface area contributed by atoms with Crippen molar-refractivity contribution in [3.8, 4) is 5.75 Å². The fraction of sp³-hybridized carbons (Fsp3) is 0.174. The van der Waals surface area contributed by atoms with E-state index in [0.29, 0.717) is 29.1 Å². The number of carbonyl (C=O) groups is 2. The predicted molar refractivity (Wildman–Crippen MR) is 112 cm³/mol. The van der Waals surface area contributed by atoms with Gasteiger partial charge in [0.05, 0.1) is 7.11 Å². The summed E-state index contributed by atoms with van der Waals surface area (Å²) in [7, 11) is 3.35.